The van der Waals surface area contributed by atoms with Crippen LogP contribution in [0.15, 0.2) is 6.20 Å². The number of carbonyl (C=O) groups excluding carboxylic acids is 1. The number of aromatic carboxylic acids is 1. The number of carboxylic acid groups (broad SMARTS) is 1. The second-order valence-electron chi connectivity index (χ2n) is 4.63. The van der Waals surface area contributed by atoms with Gasteiger partial charge in [0.1, 0.15) is 0 Å². The van der Waals surface area contributed by atoms with E-state index in [4.69, 9.17) is 10.8 Å². The summed E-state index contributed by atoms with van der Waals surface area (Å²) in [7, 11) is 0. The number of aromatic nitrogens is 3. The van der Waals surface area contributed by atoms with E-state index >= 15 is 0 Å². The van der Waals surface area contributed by atoms with Crippen molar-refractivity contribution >= 4 is 11.9 Å². The third kappa shape index (κ3) is 4.50. The van der Waals surface area contributed by atoms with Crippen LogP contribution in [0.4, 0.5) is 0 Å². The molecule has 0 aromatic carbocycles. The first-order valence-electron chi connectivity index (χ1n) is 5.47. The molecule has 1 aromatic heterocycles. The molecule has 0 bridgehead atoms. The summed E-state index contributed by atoms with van der Waals surface area (Å²) in [5.74, 6) is -1.48. The van der Waals surface area contributed by atoms with Gasteiger partial charge in [-0.05, 0) is 13.8 Å². The van der Waals surface area contributed by atoms with Gasteiger partial charge in [-0.2, -0.15) is 0 Å². The molecule has 100 valence electrons. The maximum atomic E-state index is 10.8. The zero-order chi connectivity index (χ0) is 13.8. The molecular weight excluding hydrogens is 238 g/mol. The quantitative estimate of drug-likeness (QED) is 0.587. The minimum Gasteiger partial charge on any atom is -0.476 e. The maximum Gasteiger partial charge on any atom is 0.358 e. The summed E-state index contributed by atoms with van der Waals surface area (Å²) in [6.45, 7) is 4.72. The Morgan fingerprint density at radius 1 is 1.56 bits per heavy atom. The van der Waals surface area contributed by atoms with Gasteiger partial charge in [-0.25, -0.2) is 4.79 Å². The van der Waals surface area contributed by atoms with Crippen LogP contribution in [-0.4, -0.2) is 44.1 Å². The van der Waals surface area contributed by atoms with E-state index in [-0.39, 0.29) is 18.0 Å². The van der Waals surface area contributed by atoms with E-state index in [1.807, 2.05) is 13.8 Å². The first-order valence-corrected chi connectivity index (χ1v) is 5.47. The van der Waals surface area contributed by atoms with Crippen LogP contribution in [0, 0.1) is 0 Å². The van der Waals surface area contributed by atoms with Crippen LogP contribution in [0.3, 0.4) is 0 Å². The van der Waals surface area contributed by atoms with Crippen molar-refractivity contribution in [1.82, 2.24) is 20.3 Å². The average Bonchev–Trinajstić information content (AvgIpc) is 2.63. The van der Waals surface area contributed by atoms with Gasteiger partial charge >= 0.3 is 5.97 Å². The molecule has 1 rings (SSSR count). The van der Waals surface area contributed by atoms with E-state index in [1.54, 1.807) is 0 Å². The van der Waals surface area contributed by atoms with Crippen molar-refractivity contribution in [2.24, 2.45) is 5.73 Å². The molecule has 18 heavy (non-hydrogen) atoms. The SMILES string of the molecule is CC(C)(CC(N)=O)NCCn1cc(C(=O)O)nn1. The molecule has 4 N–H and O–H groups in total. The number of rotatable bonds is 7. The number of carbonyl (C=O) groups is 2. The molecule has 0 atom stereocenters. The fourth-order valence-corrected chi connectivity index (χ4v) is 1.51. The van der Waals surface area contributed by atoms with Crippen LogP contribution in [0.25, 0.3) is 0 Å². The van der Waals surface area contributed by atoms with Crippen molar-refractivity contribution in [3.05, 3.63) is 11.9 Å². The van der Waals surface area contributed by atoms with Crippen LogP contribution in [0.5, 0.6) is 0 Å². The highest BCUT2D eigenvalue weighted by Gasteiger charge is 2.19. The van der Waals surface area contributed by atoms with Gasteiger partial charge in [0.25, 0.3) is 0 Å². The molecule has 8 nitrogen and oxygen atoms in total. The van der Waals surface area contributed by atoms with E-state index in [2.05, 4.69) is 15.6 Å². The largest absolute Gasteiger partial charge is 0.476 e. The van der Waals surface area contributed by atoms with Crippen molar-refractivity contribution in [3.63, 3.8) is 0 Å². The summed E-state index contributed by atoms with van der Waals surface area (Å²) in [6.07, 6.45) is 1.58. The Morgan fingerprint density at radius 3 is 2.72 bits per heavy atom. The maximum absolute atomic E-state index is 10.8. The van der Waals surface area contributed by atoms with Crippen molar-refractivity contribution in [2.45, 2.75) is 32.4 Å². The Hall–Kier alpha value is -1.96. The molecule has 0 fully saturated rings. The van der Waals surface area contributed by atoms with Gasteiger partial charge in [0.05, 0.1) is 12.7 Å². The molecule has 1 amide bonds. The molecule has 0 radical (unpaired) electrons. The minimum absolute atomic E-state index is 0.0913. The van der Waals surface area contributed by atoms with Crippen LogP contribution in [0.2, 0.25) is 0 Å². The van der Waals surface area contributed by atoms with Crippen molar-refractivity contribution in [3.8, 4) is 0 Å². The normalized spacial score (nSPS) is 11.4. The zero-order valence-corrected chi connectivity index (χ0v) is 10.4. The van der Waals surface area contributed by atoms with Gasteiger partial charge in [0.2, 0.25) is 5.91 Å². The molecule has 1 heterocycles. The molecule has 0 saturated carbocycles. The number of amides is 1. The molecular formula is C10H17N5O3. The molecule has 0 spiro atoms. The van der Waals surface area contributed by atoms with Crippen LogP contribution in [-0.2, 0) is 11.3 Å². The van der Waals surface area contributed by atoms with Crippen LogP contribution in [0.1, 0.15) is 30.8 Å². The van der Waals surface area contributed by atoms with Crippen LogP contribution >= 0.6 is 0 Å². The van der Waals surface area contributed by atoms with Crippen molar-refractivity contribution in [1.29, 1.82) is 0 Å². The van der Waals surface area contributed by atoms with E-state index in [0.717, 1.165) is 0 Å². The number of nitrogens with zero attached hydrogens (tertiary/aromatic N) is 3. The smallest absolute Gasteiger partial charge is 0.358 e. The highest BCUT2D eigenvalue weighted by Crippen LogP contribution is 2.06. The molecule has 8 heteroatoms. The average molecular weight is 255 g/mol. The number of nitrogens with two attached hydrogens (primary N) is 1. The zero-order valence-electron chi connectivity index (χ0n) is 10.4. The Bertz CT molecular complexity index is 440. The second-order valence-corrected chi connectivity index (χ2v) is 4.63. The topological polar surface area (TPSA) is 123 Å². The summed E-state index contributed by atoms with van der Waals surface area (Å²) in [6, 6.07) is 0. The van der Waals surface area contributed by atoms with Gasteiger partial charge in [-0.15, -0.1) is 5.10 Å². The molecule has 0 saturated heterocycles. The first-order chi connectivity index (χ1) is 8.30. The molecule has 0 unspecified atom stereocenters. The predicted molar refractivity (Wildman–Crippen MR) is 62.9 cm³/mol. The Labute approximate surface area is 104 Å². The lowest BCUT2D eigenvalue weighted by atomic mass is 10.0. The molecule has 1 aromatic rings. The van der Waals surface area contributed by atoms with Crippen molar-refractivity contribution < 1.29 is 14.7 Å². The fourth-order valence-electron chi connectivity index (χ4n) is 1.51. The summed E-state index contributed by atoms with van der Waals surface area (Å²) < 4.78 is 1.43. The Morgan fingerprint density at radius 2 is 2.22 bits per heavy atom. The number of nitrogens with one attached hydrogen (secondary N) is 1. The van der Waals surface area contributed by atoms with Gasteiger partial charge in [-0.3, -0.25) is 9.48 Å². The third-order valence-corrected chi connectivity index (χ3v) is 2.32. The van der Waals surface area contributed by atoms with Gasteiger partial charge in [-0.1, -0.05) is 5.21 Å². The van der Waals surface area contributed by atoms with E-state index in [1.165, 1.54) is 10.9 Å². The number of carboxylic acids is 1. The minimum atomic E-state index is -1.11. The lowest BCUT2D eigenvalue weighted by Gasteiger charge is -2.24. The number of hydrogen-bond acceptors (Lipinski definition) is 5. The fraction of sp³-hybridized carbons (Fsp3) is 0.600. The summed E-state index contributed by atoms with van der Waals surface area (Å²) >= 11 is 0. The Balaban J connectivity index is 2.41. The lowest BCUT2D eigenvalue weighted by molar-refractivity contribution is -0.119. The number of hydrogen-bond donors (Lipinski definition) is 3. The molecule has 0 aliphatic heterocycles. The first kappa shape index (κ1) is 14.1. The van der Waals surface area contributed by atoms with Crippen LogP contribution < -0.4 is 11.1 Å². The van der Waals surface area contributed by atoms with Crippen molar-refractivity contribution in [2.75, 3.05) is 6.54 Å². The van der Waals surface area contributed by atoms with E-state index in [9.17, 15) is 9.59 Å². The third-order valence-electron chi connectivity index (χ3n) is 2.32. The predicted octanol–water partition coefficient (Wildman–Crippen LogP) is -0.780. The highest BCUT2D eigenvalue weighted by atomic mass is 16.4. The summed E-state index contributed by atoms with van der Waals surface area (Å²) in [5.41, 5.74) is 4.63. The van der Waals surface area contributed by atoms with Gasteiger partial charge in [0, 0.05) is 18.5 Å². The lowest BCUT2D eigenvalue weighted by Crippen LogP contribution is -2.44. The molecule has 0 aliphatic rings. The van der Waals surface area contributed by atoms with E-state index in [0.29, 0.717) is 13.1 Å². The molecule has 0 aliphatic carbocycles. The summed E-state index contributed by atoms with van der Waals surface area (Å²) in [4.78, 5) is 21.4. The monoisotopic (exact) mass is 255 g/mol. The van der Waals surface area contributed by atoms with Gasteiger partial charge in [0.15, 0.2) is 5.69 Å². The van der Waals surface area contributed by atoms with Gasteiger partial charge < -0.3 is 16.2 Å². The standard InChI is InChI=1S/C10H17N5O3/c1-10(2,5-8(11)16)12-3-4-15-6-7(9(17)18)13-14-15/h6,12H,3-5H2,1-2H3,(H2,11,16)(H,17,18). The number of primary amides is 1. The Kier molecular flexibility index (Phi) is 4.38. The highest BCUT2D eigenvalue weighted by molar-refractivity contribution is 5.84. The second kappa shape index (κ2) is 5.58. The van der Waals surface area contributed by atoms with E-state index < -0.39 is 11.5 Å². The summed E-state index contributed by atoms with van der Waals surface area (Å²) in [5, 5.41) is 19.0.